The summed E-state index contributed by atoms with van der Waals surface area (Å²) in [7, 11) is 2.82. The van der Waals surface area contributed by atoms with E-state index in [1.807, 2.05) is 0 Å². The molecule has 0 bridgehead atoms. The SMILES string of the molecule is COC(=O)c1ccc(N2CC(S(=O)(=O)Cl)CC2=O)c(C)c1. The Kier molecular flexibility index (Phi) is 4.25. The number of methoxy groups -OCH3 is 1. The van der Waals surface area contributed by atoms with E-state index in [1.165, 1.54) is 18.1 Å². The highest BCUT2D eigenvalue weighted by molar-refractivity contribution is 8.14. The van der Waals surface area contributed by atoms with E-state index in [1.54, 1.807) is 19.1 Å². The van der Waals surface area contributed by atoms with Gasteiger partial charge in [0.2, 0.25) is 15.0 Å². The third-order valence-corrected chi connectivity index (χ3v) is 5.26. The number of anilines is 1. The van der Waals surface area contributed by atoms with Crippen LogP contribution in [0.4, 0.5) is 5.69 Å². The average molecular weight is 332 g/mol. The van der Waals surface area contributed by atoms with Crippen molar-refractivity contribution in [2.24, 2.45) is 0 Å². The molecular weight excluding hydrogens is 318 g/mol. The predicted molar refractivity (Wildman–Crippen MR) is 78.0 cm³/mol. The minimum atomic E-state index is -3.78. The number of esters is 1. The van der Waals surface area contributed by atoms with Crippen molar-refractivity contribution in [3.63, 3.8) is 0 Å². The Balaban J connectivity index is 2.31. The zero-order valence-corrected chi connectivity index (χ0v) is 13.1. The Morgan fingerprint density at radius 2 is 2.10 bits per heavy atom. The molecule has 0 saturated carbocycles. The standard InChI is InChI=1S/C13H14ClNO5S/c1-8-5-9(13(17)20-2)3-4-11(8)15-7-10(6-12(15)16)21(14,18)19/h3-5,10H,6-7H2,1-2H3. The summed E-state index contributed by atoms with van der Waals surface area (Å²) in [5, 5.41) is -0.911. The van der Waals surface area contributed by atoms with Gasteiger partial charge in [-0.05, 0) is 30.7 Å². The van der Waals surface area contributed by atoms with Crippen molar-refractivity contribution in [3.8, 4) is 0 Å². The smallest absolute Gasteiger partial charge is 0.337 e. The van der Waals surface area contributed by atoms with Gasteiger partial charge in [0, 0.05) is 29.3 Å². The van der Waals surface area contributed by atoms with E-state index in [0.717, 1.165) is 0 Å². The lowest BCUT2D eigenvalue weighted by atomic mass is 10.1. The largest absolute Gasteiger partial charge is 0.465 e. The van der Waals surface area contributed by atoms with Crippen molar-refractivity contribution in [1.82, 2.24) is 0 Å². The Morgan fingerprint density at radius 3 is 2.57 bits per heavy atom. The Morgan fingerprint density at radius 1 is 1.43 bits per heavy atom. The number of ether oxygens (including phenoxy) is 1. The highest BCUT2D eigenvalue weighted by Crippen LogP contribution is 2.29. The normalized spacial score (nSPS) is 18.9. The maximum atomic E-state index is 12.0. The minimum absolute atomic E-state index is 0.0169. The third kappa shape index (κ3) is 3.19. The molecule has 0 N–H and O–H groups in total. The Hall–Kier alpha value is -1.60. The monoisotopic (exact) mass is 331 g/mol. The summed E-state index contributed by atoms with van der Waals surface area (Å²) < 4.78 is 27.3. The van der Waals surface area contributed by atoms with Crippen LogP contribution in [0.15, 0.2) is 18.2 Å². The lowest BCUT2D eigenvalue weighted by Crippen LogP contribution is -2.27. The van der Waals surface area contributed by atoms with Crippen molar-refractivity contribution in [2.75, 3.05) is 18.6 Å². The molecule has 1 amide bonds. The number of hydrogen-bond acceptors (Lipinski definition) is 5. The summed E-state index contributed by atoms with van der Waals surface area (Å²) >= 11 is 0. The summed E-state index contributed by atoms with van der Waals surface area (Å²) in [6.07, 6.45) is -0.135. The number of benzene rings is 1. The number of carbonyl (C=O) groups is 2. The van der Waals surface area contributed by atoms with E-state index in [4.69, 9.17) is 10.7 Å². The molecule has 8 heteroatoms. The van der Waals surface area contributed by atoms with Gasteiger partial charge in [0.1, 0.15) is 5.25 Å². The maximum absolute atomic E-state index is 12.0. The van der Waals surface area contributed by atoms with Gasteiger partial charge in [0.25, 0.3) is 0 Å². The van der Waals surface area contributed by atoms with Crippen LogP contribution < -0.4 is 4.90 Å². The molecule has 1 fully saturated rings. The number of halogens is 1. The predicted octanol–water partition coefficient (Wildman–Crippen LogP) is 1.46. The van der Waals surface area contributed by atoms with Gasteiger partial charge in [-0.3, -0.25) is 4.79 Å². The van der Waals surface area contributed by atoms with E-state index >= 15 is 0 Å². The first-order valence-electron chi connectivity index (χ1n) is 6.17. The molecule has 1 heterocycles. The molecule has 21 heavy (non-hydrogen) atoms. The zero-order chi connectivity index (χ0) is 15.8. The van der Waals surface area contributed by atoms with Gasteiger partial charge in [-0.25, -0.2) is 13.2 Å². The highest BCUT2D eigenvalue weighted by Gasteiger charge is 2.38. The first-order chi connectivity index (χ1) is 9.74. The van der Waals surface area contributed by atoms with Crippen LogP contribution in [-0.4, -0.2) is 39.2 Å². The van der Waals surface area contributed by atoms with Crippen LogP contribution in [0.3, 0.4) is 0 Å². The first kappa shape index (κ1) is 15.8. The van der Waals surface area contributed by atoms with Crippen molar-refractivity contribution in [3.05, 3.63) is 29.3 Å². The quantitative estimate of drug-likeness (QED) is 0.618. The summed E-state index contributed by atoms with van der Waals surface area (Å²) in [5.41, 5.74) is 1.61. The van der Waals surface area contributed by atoms with Gasteiger partial charge in [0.15, 0.2) is 0 Å². The van der Waals surface area contributed by atoms with Crippen LogP contribution in [-0.2, 0) is 18.6 Å². The number of hydrogen-bond donors (Lipinski definition) is 0. The van der Waals surface area contributed by atoms with E-state index in [9.17, 15) is 18.0 Å². The second kappa shape index (κ2) is 5.65. The van der Waals surface area contributed by atoms with Crippen LogP contribution in [0.25, 0.3) is 0 Å². The van der Waals surface area contributed by atoms with Crippen molar-refractivity contribution in [2.45, 2.75) is 18.6 Å². The number of aryl methyl sites for hydroxylation is 1. The van der Waals surface area contributed by atoms with Crippen LogP contribution in [0.1, 0.15) is 22.3 Å². The molecule has 6 nitrogen and oxygen atoms in total. The lowest BCUT2D eigenvalue weighted by Gasteiger charge is -2.19. The van der Waals surface area contributed by atoms with E-state index in [0.29, 0.717) is 16.8 Å². The van der Waals surface area contributed by atoms with E-state index in [2.05, 4.69) is 4.74 Å². The number of rotatable bonds is 3. The van der Waals surface area contributed by atoms with E-state index in [-0.39, 0.29) is 18.9 Å². The van der Waals surface area contributed by atoms with Crippen LogP contribution in [0.5, 0.6) is 0 Å². The van der Waals surface area contributed by atoms with Crippen LogP contribution >= 0.6 is 10.7 Å². The molecular formula is C13H14ClNO5S. The molecule has 1 saturated heterocycles. The molecule has 0 aromatic heterocycles. The third-order valence-electron chi connectivity index (χ3n) is 3.40. The van der Waals surface area contributed by atoms with Crippen LogP contribution in [0, 0.1) is 6.92 Å². The van der Waals surface area contributed by atoms with Gasteiger partial charge >= 0.3 is 5.97 Å². The number of amides is 1. The van der Waals surface area contributed by atoms with E-state index < -0.39 is 20.3 Å². The van der Waals surface area contributed by atoms with Crippen molar-refractivity contribution in [1.29, 1.82) is 0 Å². The van der Waals surface area contributed by atoms with Gasteiger partial charge in [-0.15, -0.1) is 0 Å². The maximum Gasteiger partial charge on any atom is 0.337 e. The Bertz CT molecular complexity index is 701. The Labute approximate surface area is 127 Å². The molecule has 0 spiro atoms. The van der Waals surface area contributed by atoms with Crippen molar-refractivity contribution < 1.29 is 22.7 Å². The topological polar surface area (TPSA) is 80.8 Å². The lowest BCUT2D eigenvalue weighted by molar-refractivity contribution is -0.117. The van der Waals surface area contributed by atoms with Crippen LogP contribution in [0.2, 0.25) is 0 Å². The first-order valence-corrected chi connectivity index (χ1v) is 8.54. The van der Waals surface area contributed by atoms with Gasteiger partial charge in [-0.1, -0.05) is 0 Å². The molecule has 1 unspecified atom stereocenters. The summed E-state index contributed by atoms with van der Waals surface area (Å²) in [6.45, 7) is 1.75. The molecule has 1 aliphatic heterocycles. The molecule has 114 valence electrons. The highest BCUT2D eigenvalue weighted by atomic mass is 35.7. The summed E-state index contributed by atoms with van der Waals surface area (Å²) in [5.74, 6) is -0.781. The van der Waals surface area contributed by atoms with Gasteiger partial charge in [0.05, 0.1) is 12.7 Å². The molecule has 1 atom stereocenters. The molecule has 0 aliphatic carbocycles. The fraction of sp³-hybridized carbons (Fsp3) is 0.385. The van der Waals surface area contributed by atoms with Gasteiger partial charge in [-0.2, -0.15) is 0 Å². The fourth-order valence-electron chi connectivity index (χ4n) is 2.30. The molecule has 2 rings (SSSR count). The molecule has 0 radical (unpaired) electrons. The number of nitrogens with zero attached hydrogens (tertiary/aromatic N) is 1. The zero-order valence-electron chi connectivity index (χ0n) is 11.5. The average Bonchev–Trinajstić information content (AvgIpc) is 2.79. The molecule has 1 aromatic carbocycles. The fourth-order valence-corrected chi connectivity index (χ4v) is 3.33. The number of carbonyl (C=O) groups excluding carboxylic acids is 2. The summed E-state index contributed by atoms with van der Waals surface area (Å²) in [4.78, 5) is 24.8. The van der Waals surface area contributed by atoms with Crippen molar-refractivity contribution >= 4 is 37.3 Å². The summed E-state index contributed by atoms with van der Waals surface area (Å²) in [6, 6.07) is 4.73. The second-order valence-corrected chi connectivity index (χ2v) is 7.71. The minimum Gasteiger partial charge on any atom is -0.465 e. The van der Waals surface area contributed by atoms with Gasteiger partial charge < -0.3 is 9.64 Å². The second-order valence-electron chi connectivity index (χ2n) is 4.80. The molecule has 1 aliphatic rings. The molecule has 1 aromatic rings.